The number of anilines is 2. The van der Waals surface area contributed by atoms with Gasteiger partial charge in [0.25, 0.3) is 0 Å². The maximum Gasteiger partial charge on any atom is 0.416 e. The van der Waals surface area contributed by atoms with Crippen LogP contribution in [0.4, 0.5) is 29.3 Å². The van der Waals surface area contributed by atoms with Crippen LogP contribution in [0.25, 0.3) is 0 Å². The molecule has 2 amide bonds. The fourth-order valence-electron chi connectivity index (χ4n) is 3.44. The summed E-state index contributed by atoms with van der Waals surface area (Å²) < 4.78 is 38.2. The van der Waals surface area contributed by atoms with Crippen LogP contribution in [0, 0.1) is 0 Å². The number of amides is 2. The van der Waals surface area contributed by atoms with Crippen LogP contribution in [0.5, 0.6) is 0 Å². The van der Waals surface area contributed by atoms with Crippen LogP contribution in [0.3, 0.4) is 0 Å². The number of halogens is 3. The molecule has 3 rings (SSSR count). The van der Waals surface area contributed by atoms with E-state index in [1.54, 1.807) is 6.08 Å². The molecule has 0 atom stereocenters. The second kappa shape index (κ2) is 7.62. The average molecular weight is 402 g/mol. The summed E-state index contributed by atoms with van der Waals surface area (Å²) in [5.41, 5.74) is 4.51. The lowest BCUT2D eigenvalue weighted by Gasteiger charge is -2.23. The molecule has 0 saturated heterocycles. The summed E-state index contributed by atoms with van der Waals surface area (Å²) in [5, 5.41) is 6.18. The number of hydrogen-bond acceptors (Lipinski definition) is 3. The Balaban J connectivity index is 1.64. The Hall–Kier alpha value is -3.29. The summed E-state index contributed by atoms with van der Waals surface area (Å²) >= 11 is 0. The van der Waals surface area contributed by atoms with E-state index < -0.39 is 17.8 Å². The smallest absolute Gasteiger partial charge is 0.347 e. The normalized spacial score (nSPS) is 16.9. The third-order valence-corrected chi connectivity index (χ3v) is 4.86. The van der Waals surface area contributed by atoms with Gasteiger partial charge in [-0.25, -0.2) is 10.2 Å². The number of carbonyl (C=O) groups is 1. The van der Waals surface area contributed by atoms with Crippen molar-refractivity contribution in [2.75, 3.05) is 17.3 Å². The van der Waals surface area contributed by atoms with Crippen molar-refractivity contribution in [2.24, 2.45) is 5.10 Å². The third kappa shape index (κ3) is 4.26. The highest BCUT2D eigenvalue weighted by Gasteiger charge is 2.37. The number of alkyl halides is 3. The molecule has 1 aliphatic rings. The lowest BCUT2D eigenvalue weighted by Crippen LogP contribution is -2.25. The zero-order valence-electron chi connectivity index (χ0n) is 16.2. The molecule has 0 spiro atoms. The van der Waals surface area contributed by atoms with Crippen molar-refractivity contribution >= 4 is 23.6 Å². The highest BCUT2D eigenvalue weighted by atomic mass is 19.4. The number of hydrogen-bond donors (Lipinski definition) is 2. The molecule has 0 fully saturated rings. The molecule has 0 aliphatic carbocycles. The zero-order chi connectivity index (χ0) is 21.2. The monoisotopic (exact) mass is 402 g/mol. The number of para-hydroxylation sites is 1. The Kier molecular flexibility index (Phi) is 5.37. The van der Waals surface area contributed by atoms with Gasteiger partial charge in [-0.3, -0.25) is 0 Å². The first-order valence-electron chi connectivity index (χ1n) is 8.92. The molecule has 5 nitrogen and oxygen atoms in total. The number of hydrazone groups is 1. The molecule has 152 valence electrons. The van der Waals surface area contributed by atoms with Gasteiger partial charge in [0.1, 0.15) is 0 Å². The molecule has 0 aromatic heterocycles. The Morgan fingerprint density at radius 2 is 1.86 bits per heavy atom. The van der Waals surface area contributed by atoms with Gasteiger partial charge < -0.3 is 10.2 Å². The van der Waals surface area contributed by atoms with Crippen molar-refractivity contribution in [3.63, 3.8) is 0 Å². The summed E-state index contributed by atoms with van der Waals surface area (Å²) in [5.74, 6) is 0. The summed E-state index contributed by atoms with van der Waals surface area (Å²) in [6.45, 7) is 4.20. The van der Waals surface area contributed by atoms with Gasteiger partial charge in [-0.1, -0.05) is 38.1 Å². The number of likely N-dealkylation sites (N-methyl/N-ethyl adjacent to an activating group) is 1. The zero-order valence-corrected chi connectivity index (χ0v) is 16.2. The first kappa shape index (κ1) is 20.4. The molecule has 0 radical (unpaired) electrons. The van der Waals surface area contributed by atoms with Crippen molar-refractivity contribution in [2.45, 2.75) is 25.4 Å². The quantitative estimate of drug-likeness (QED) is 0.553. The molecule has 0 unspecified atom stereocenters. The number of urea groups is 1. The Morgan fingerprint density at radius 1 is 1.14 bits per heavy atom. The fraction of sp³-hybridized carbons (Fsp3) is 0.238. The van der Waals surface area contributed by atoms with E-state index in [1.165, 1.54) is 23.9 Å². The first-order chi connectivity index (χ1) is 13.6. The van der Waals surface area contributed by atoms with E-state index in [2.05, 4.69) is 40.7 Å². The predicted molar refractivity (Wildman–Crippen MR) is 108 cm³/mol. The molecular weight excluding hydrogens is 381 g/mol. The lowest BCUT2D eigenvalue weighted by atomic mass is 9.84. The van der Waals surface area contributed by atoms with Crippen LogP contribution in [-0.4, -0.2) is 19.3 Å². The summed E-state index contributed by atoms with van der Waals surface area (Å²) in [7, 11) is 1.96. The Bertz CT molecular complexity index is 980. The molecular formula is C21H21F3N4O. The summed E-state index contributed by atoms with van der Waals surface area (Å²) in [4.78, 5) is 14.0. The van der Waals surface area contributed by atoms with Gasteiger partial charge in [0.2, 0.25) is 0 Å². The average Bonchev–Trinajstić information content (AvgIpc) is 2.85. The van der Waals surface area contributed by atoms with Gasteiger partial charge in [-0.05, 0) is 35.9 Å². The molecule has 29 heavy (non-hydrogen) atoms. The minimum Gasteiger partial charge on any atom is -0.347 e. The maximum atomic E-state index is 12.7. The van der Waals surface area contributed by atoms with E-state index in [4.69, 9.17) is 0 Å². The number of nitrogens with zero attached hydrogens (tertiary/aromatic N) is 2. The van der Waals surface area contributed by atoms with Gasteiger partial charge in [-0.15, -0.1) is 0 Å². The second-order valence-corrected chi connectivity index (χ2v) is 7.18. The largest absolute Gasteiger partial charge is 0.416 e. The van der Waals surface area contributed by atoms with E-state index in [0.29, 0.717) is 0 Å². The Labute approximate surface area is 166 Å². The molecule has 2 aromatic carbocycles. The minimum atomic E-state index is -4.48. The van der Waals surface area contributed by atoms with Crippen molar-refractivity contribution in [1.82, 2.24) is 5.43 Å². The molecule has 2 N–H and O–H groups in total. The topological polar surface area (TPSA) is 56.7 Å². The van der Waals surface area contributed by atoms with Crippen LogP contribution in [0.2, 0.25) is 0 Å². The van der Waals surface area contributed by atoms with Crippen LogP contribution in [-0.2, 0) is 11.6 Å². The van der Waals surface area contributed by atoms with Crippen LogP contribution in [0.15, 0.2) is 65.4 Å². The van der Waals surface area contributed by atoms with Gasteiger partial charge in [0.05, 0.1) is 5.56 Å². The molecule has 1 aliphatic heterocycles. The lowest BCUT2D eigenvalue weighted by molar-refractivity contribution is -0.137. The number of benzene rings is 2. The van der Waals surface area contributed by atoms with Gasteiger partial charge in [-0.2, -0.15) is 18.3 Å². The van der Waals surface area contributed by atoms with Crippen molar-refractivity contribution in [3.8, 4) is 0 Å². The number of rotatable bonds is 3. The highest BCUT2D eigenvalue weighted by molar-refractivity contribution is 5.90. The van der Waals surface area contributed by atoms with Gasteiger partial charge in [0, 0.05) is 35.7 Å². The number of fused-ring (bicyclic) bond motifs is 1. The number of allylic oxidation sites excluding steroid dienone is 2. The molecule has 0 bridgehead atoms. The summed E-state index contributed by atoms with van der Waals surface area (Å²) in [6.07, 6.45) is -1.23. The van der Waals surface area contributed by atoms with E-state index in [0.717, 1.165) is 23.5 Å². The minimum absolute atomic E-state index is 0.0259. The van der Waals surface area contributed by atoms with E-state index in [9.17, 15) is 18.0 Å². The van der Waals surface area contributed by atoms with Crippen LogP contribution < -0.4 is 15.6 Å². The maximum absolute atomic E-state index is 12.7. The van der Waals surface area contributed by atoms with Crippen molar-refractivity contribution < 1.29 is 18.0 Å². The predicted octanol–water partition coefficient (Wildman–Crippen LogP) is 5.12. The third-order valence-electron chi connectivity index (χ3n) is 4.86. The van der Waals surface area contributed by atoms with E-state index in [-0.39, 0.29) is 11.1 Å². The molecule has 0 saturated carbocycles. The molecule has 8 heteroatoms. The van der Waals surface area contributed by atoms with Crippen LogP contribution in [0.1, 0.15) is 25.0 Å². The van der Waals surface area contributed by atoms with Gasteiger partial charge in [0.15, 0.2) is 0 Å². The standard InChI is InChI=1S/C21H21F3N4O/c1-20(2)16-9-4-5-10-17(16)28(3)18(20)11-12-25-27-19(29)26-15-8-6-7-14(13-15)21(22,23)24/h4-13H,1-3H3,(H2,26,27,29)/b18-11?,25-12-. The fourth-order valence-corrected chi connectivity index (χ4v) is 3.44. The first-order valence-corrected chi connectivity index (χ1v) is 8.92. The molecule has 2 aromatic rings. The molecule has 1 heterocycles. The van der Waals surface area contributed by atoms with E-state index in [1.807, 2.05) is 25.2 Å². The summed E-state index contributed by atoms with van der Waals surface area (Å²) in [6, 6.07) is 11.7. The van der Waals surface area contributed by atoms with Crippen molar-refractivity contribution in [3.05, 3.63) is 71.4 Å². The van der Waals surface area contributed by atoms with Crippen molar-refractivity contribution in [1.29, 1.82) is 0 Å². The van der Waals surface area contributed by atoms with Crippen LogP contribution >= 0.6 is 0 Å². The SMILES string of the molecule is CN1C(=C/C=N\NC(=O)Nc2cccc(C(F)(F)F)c2)C(C)(C)c2ccccc21. The number of nitrogens with one attached hydrogen (secondary N) is 2. The van der Waals surface area contributed by atoms with Gasteiger partial charge >= 0.3 is 12.2 Å². The Morgan fingerprint density at radius 3 is 2.55 bits per heavy atom. The highest BCUT2D eigenvalue weighted by Crippen LogP contribution is 2.46. The van der Waals surface area contributed by atoms with E-state index >= 15 is 0 Å². The second-order valence-electron chi connectivity index (χ2n) is 7.18. The number of carbonyl (C=O) groups excluding carboxylic acids is 1.